The Hall–Kier alpha value is -0.300. The summed E-state index contributed by atoms with van der Waals surface area (Å²) in [5, 5.41) is 8.23. The number of allylic oxidation sites excluding steroid dienone is 1. The van der Waals surface area contributed by atoms with Crippen molar-refractivity contribution >= 4 is 0 Å². The maximum atomic E-state index is 8.23. The predicted octanol–water partition coefficient (Wildman–Crippen LogP) is 1.19. The molecule has 0 aromatic heterocycles. The Morgan fingerprint density at radius 1 is 1.57 bits per heavy atom. The van der Waals surface area contributed by atoms with E-state index in [0.29, 0.717) is 5.92 Å². The largest absolute Gasteiger partial charge is 0.392 e. The molecule has 0 aromatic rings. The van der Waals surface area contributed by atoms with Crippen LogP contribution in [0.1, 0.15) is 13.8 Å². The smallest absolute Gasteiger partial charge is 0.0612 e. The first-order valence-corrected chi connectivity index (χ1v) is 2.55. The highest BCUT2D eigenvalue weighted by Crippen LogP contribution is 1.90. The van der Waals surface area contributed by atoms with Crippen LogP contribution >= 0.6 is 0 Å². The highest BCUT2D eigenvalue weighted by molar-refractivity contribution is 4.83. The van der Waals surface area contributed by atoms with Gasteiger partial charge in [0, 0.05) is 0 Å². The molecule has 0 aliphatic carbocycles. The average molecular weight is 100 g/mol. The van der Waals surface area contributed by atoms with E-state index < -0.39 is 0 Å². The van der Waals surface area contributed by atoms with Gasteiger partial charge in [0.25, 0.3) is 0 Å². The fraction of sp³-hybridized carbons (Fsp3) is 0.667. The summed E-state index contributed by atoms with van der Waals surface area (Å²) in [5.74, 6) is 0.562. The van der Waals surface area contributed by atoms with Crippen LogP contribution in [0.3, 0.4) is 0 Å². The summed E-state index contributed by atoms with van der Waals surface area (Å²) in [6.45, 7) is 4.32. The Morgan fingerprint density at radius 2 is 2.14 bits per heavy atom. The molecule has 0 aliphatic rings. The van der Waals surface area contributed by atoms with E-state index in [1.165, 1.54) is 0 Å². The quantitative estimate of drug-likeness (QED) is 0.517. The molecule has 42 valence electrons. The Bertz CT molecular complexity index is 55.2. The molecule has 0 atom stereocenters. The third-order valence-corrected chi connectivity index (χ3v) is 0.626. The van der Waals surface area contributed by atoms with E-state index in [9.17, 15) is 0 Å². The number of aliphatic hydroxyl groups excluding tert-OH is 1. The summed E-state index contributed by atoms with van der Waals surface area (Å²) >= 11 is 0. The highest BCUT2D eigenvalue weighted by atomic mass is 16.2. The zero-order valence-corrected chi connectivity index (χ0v) is 4.89. The lowest BCUT2D eigenvalue weighted by Crippen LogP contribution is -1.78. The van der Waals surface area contributed by atoms with Crippen molar-refractivity contribution in [3.8, 4) is 0 Å². The lowest BCUT2D eigenvalue weighted by atomic mass is 10.2. The third kappa shape index (κ3) is 5.70. The molecule has 0 aromatic carbocycles. The Kier molecular flexibility index (Phi) is 3.71. The molecular weight excluding hydrogens is 88.1 g/mol. The molecule has 7 heavy (non-hydrogen) atoms. The van der Waals surface area contributed by atoms with Gasteiger partial charge in [-0.25, -0.2) is 0 Å². The molecule has 0 aliphatic heterocycles. The first kappa shape index (κ1) is 6.70. The average Bonchev–Trinajstić information content (AvgIpc) is 1.61. The van der Waals surface area contributed by atoms with Crippen molar-refractivity contribution in [2.24, 2.45) is 5.92 Å². The number of hydrogen-bond donors (Lipinski definition) is 1. The van der Waals surface area contributed by atoms with Crippen molar-refractivity contribution in [2.45, 2.75) is 13.8 Å². The second-order valence-corrected chi connectivity index (χ2v) is 1.85. The first-order chi connectivity index (χ1) is 3.27. The molecule has 1 N–H and O–H groups in total. The van der Waals surface area contributed by atoms with Gasteiger partial charge in [-0.2, -0.15) is 0 Å². The maximum Gasteiger partial charge on any atom is 0.0612 e. The van der Waals surface area contributed by atoms with Crippen LogP contribution in [0.15, 0.2) is 12.2 Å². The lowest BCUT2D eigenvalue weighted by Gasteiger charge is -1.88. The van der Waals surface area contributed by atoms with E-state index in [1.807, 2.05) is 6.08 Å². The molecule has 0 saturated carbocycles. The zero-order valence-electron chi connectivity index (χ0n) is 4.89. The summed E-state index contributed by atoms with van der Waals surface area (Å²) in [5.41, 5.74) is 0. The minimum absolute atomic E-state index is 0.165. The second kappa shape index (κ2) is 3.88. The van der Waals surface area contributed by atoms with E-state index in [1.54, 1.807) is 6.08 Å². The van der Waals surface area contributed by atoms with Crippen molar-refractivity contribution in [3.05, 3.63) is 12.2 Å². The second-order valence-electron chi connectivity index (χ2n) is 1.85. The van der Waals surface area contributed by atoms with Crippen molar-refractivity contribution in [3.63, 3.8) is 0 Å². The van der Waals surface area contributed by atoms with Crippen LogP contribution in [0.2, 0.25) is 0 Å². The normalized spacial score (nSPS) is 11.4. The van der Waals surface area contributed by atoms with Crippen LogP contribution in [0.25, 0.3) is 0 Å². The number of aliphatic hydroxyl groups is 1. The lowest BCUT2D eigenvalue weighted by molar-refractivity contribution is 0.342. The molecule has 1 nitrogen and oxygen atoms in total. The van der Waals surface area contributed by atoms with Gasteiger partial charge in [-0.05, 0) is 5.92 Å². The summed E-state index contributed by atoms with van der Waals surface area (Å²) in [6.07, 6.45) is 3.73. The Labute approximate surface area is 44.7 Å². The summed E-state index contributed by atoms with van der Waals surface area (Å²) in [4.78, 5) is 0. The summed E-state index contributed by atoms with van der Waals surface area (Å²) < 4.78 is 0. The van der Waals surface area contributed by atoms with Crippen molar-refractivity contribution in [1.82, 2.24) is 0 Å². The third-order valence-electron chi connectivity index (χ3n) is 0.626. The summed E-state index contributed by atoms with van der Waals surface area (Å²) in [7, 11) is 0. The van der Waals surface area contributed by atoms with Gasteiger partial charge < -0.3 is 5.11 Å². The monoisotopic (exact) mass is 100 g/mol. The van der Waals surface area contributed by atoms with Crippen LogP contribution in [-0.2, 0) is 0 Å². The van der Waals surface area contributed by atoms with E-state index >= 15 is 0 Å². The van der Waals surface area contributed by atoms with Gasteiger partial charge in [0.2, 0.25) is 0 Å². The van der Waals surface area contributed by atoms with E-state index in [0.717, 1.165) is 0 Å². The topological polar surface area (TPSA) is 20.2 Å². The minimum Gasteiger partial charge on any atom is -0.392 e. The molecular formula is C6H12O. The maximum absolute atomic E-state index is 8.23. The van der Waals surface area contributed by atoms with Crippen molar-refractivity contribution in [2.75, 3.05) is 6.61 Å². The van der Waals surface area contributed by atoms with Crippen LogP contribution in [-0.4, -0.2) is 11.7 Å². The van der Waals surface area contributed by atoms with Gasteiger partial charge in [-0.1, -0.05) is 26.0 Å². The van der Waals surface area contributed by atoms with Crippen LogP contribution in [0, 0.1) is 5.92 Å². The highest BCUT2D eigenvalue weighted by Gasteiger charge is 1.78. The van der Waals surface area contributed by atoms with Crippen LogP contribution in [0.5, 0.6) is 0 Å². The number of rotatable bonds is 2. The molecule has 0 fully saturated rings. The van der Waals surface area contributed by atoms with Gasteiger partial charge in [-0.3, -0.25) is 0 Å². The summed E-state index contributed by atoms with van der Waals surface area (Å²) in [6, 6.07) is 0. The minimum atomic E-state index is 0.165. The molecule has 0 rings (SSSR count). The van der Waals surface area contributed by atoms with E-state index in [4.69, 9.17) is 5.11 Å². The van der Waals surface area contributed by atoms with Gasteiger partial charge >= 0.3 is 0 Å². The van der Waals surface area contributed by atoms with Crippen LogP contribution in [0.4, 0.5) is 0 Å². The molecule has 0 bridgehead atoms. The molecule has 0 saturated heterocycles. The Balaban J connectivity index is 3.08. The molecule has 0 spiro atoms. The van der Waals surface area contributed by atoms with Crippen LogP contribution < -0.4 is 0 Å². The first-order valence-electron chi connectivity index (χ1n) is 2.55. The van der Waals surface area contributed by atoms with Gasteiger partial charge in [0.15, 0.2) is 0 Å². The fourth-order valence-electron chi connectivity index (χ4n) is 0.333. The van der Waals surface area contributed by atoms with Crippen molar-refractivity contribution in [1.29, 1.82) is 0 Å². The Morgan fingerprint density at radius 3 is 2.29 bits per heavy atom. The molecule has 0 unspecified atom stereocenters. The zero-order chi connectivity index (χ0) is 5.70. The number of hydrogen-bond acceptors (Lipinski definition) is 1. The molecule has 1 heteroatoms. The molecule has 0 radical (unpaired) electrons. The van der Waals surface area contributed by atoms with E-state index in [2.05, 4.69) is 13.8 Å². The van der Waals surface area contributed by atoms with Gasteiger partial charge in [0.1, 0.15) is 0 Å². The predicted molar refractivity (Wildman–Crippen MR) is 31.1 cm³/mol. The SMILES string of the molecule is CC(C)/C=C\CO. The van der Waals surface area contributed by atoms with Gasteiger partial charge in [-0.15, -0.1) is 0 Å². The van der Waals surface area contributed by atoms with Gasteiger partial charge in [0.05, 0.1) is 6.61 Å². The van der Waals surface area contributed by atoms with Crippen molar-refractivity contribution < 1.29 is 5.11 Å². The standard InChI is InChI=1S/C6H12O/c1-6(2)4-3-5-7/h3-4,6-7H,5H2,1-2H3/b4-3-. The molecule has 0 heterocycles. The fourth-order valence-corrected chi connectivity index (χ4v) is 0.333. The van der Waals surface area contributed by atoms with E-state index in [-0.39, 0.29) is 6.61 Å². The molecule has 0 amide bonds.